The fraction of sp³-hybridized carbons (Fsp3) is 0.0455. The van der Waals surface area contributed by atoms with Crippen molar-refractivity contribution in [1.82, 2.24) is 4.98 Å². The van der Waals surface area contributed by atoms with Crippen LogP contribution in [0, 0.1) is 6.92 Å². The van der Waals surface area contributed by atoms with Crippen LogP contribution in [-0.4, -0.2) is 13.4 Å². The van der Waals surface area contributed by atoms with Gasteiger partial charge >= 0.3 is 0 Å². The van der Waals surface area contributed by atoms with Crippen molar-refractivity contribution in [2.45, 2.75) is 16.8 Å². The highest BCUT2D eigenvalue weighted by Crippen LogP contribution is 2.36. The quantitative estimate of drug-likeness (QED) is 0.423. The maximum Gasteiger partial charge on any atom is 0.224 e. The lowest BCUT2D eigenvalue weighted by Crippen LogP contribution is -2.05. The van der Waals surface area contributed by atoms with Gasteiger partial charge in [-0.05, 0) is 31.2 Å². The second-order valence-electron chi connectivity index (χ2n) is 6.55. The molecule has 0 aliphatic rings. The third-order valence-corrected chi connectivity index (χ3v) is 6.48. The highest BCUT2D eigenvalue weighted by Gasteiger charge is 2.25. The molecule has 0 spiro atoms. The largest absolute Gasteiger partial charge is 0.454 e. The van der Waals surface area contributed by atoms with Gasteiger partial charge in [0.2, 0.25) is 9.84 Å². The molecule has 5 heteroatoms. The van der Waals surface area contributed by atoms with Gasteiger partial charge in [-0.2, -0.15) is 0 Å². The summed E-state index contributed by atoms with van der Waals surface area (Å²) in [7, 11) is -3.77. The molecule has 4 nitrogen and oxygen atoms in total. The third-order valence-electron chi connectivity index (χ3n) is 4.77. The van der Waals surface area contributed by atoms with Crippen LogP contribution in [0.25, 0.3) is 32.8 Å². The number of aromatic nitrogens is 1. The van der Waals surface area contributed by atoms with E-state index in [0.717, 1.165) is 16.3 Å². The van der Waals surface area contributed by atoms with E-state index in [2.05, 4.69) is 4.98 Å². The Morgan fingerprint density at radius 2 is 1.41 bits per heavy atom. The van der Waals surface area contributed by atoms with Crippen molar-refractivity contribution in [2.75, 3.05) is 0 Å². The first kappa shape index (κ1) is 16.0. The highest BCUT2D eigenvalue weighted by molar-refractivity contribution is 7.91. The van der Waals surface area contributed by atoms with Crippen molar-refractivity contribution in [3.63, 3.8) is 0 Å². The van der Waals surface area contributed by atoms with Crippen molar-refractivity contribution in [3.05, 3.63) is 78.4 Å². The van der Waals surface area contributed by atoms with Crippen LogP contribution in [0.3, 0.4) is 0 Å². The minimum absolute atomic E-state index is 0.0565. The van der Waals surface area contributed by atoms with Gasteiger partial charge in [0.25, 0.3) is 0 Å². The first-order chi connectivity index (χ1) is 13.1. The topological polar surface area (TPSA) is 60.2 Å². The lowest BCUT2D eigenvalue weighted by Gasteiger charge is -2.08. The first-order valence-electron chi connectivity index (χ1n) is 8.57. The maximum absolute atomic E-state index is 13.4. The zero-order valence-corrected chi connectivity index (χ0v) is 15.3. The van der Waals surface area contributed by atoms with Gasteiger partial charge in [-0.25, -0.2) is 13.4 Å². The normalized spacial score (nSPS) is 12.2. The summed E-state index contributed by atoms with van der Waals surface area (Å²) in [6, 6.07) is 21.7. The number of benzene rings is 3. The third kappa shape index (κ3) is 2.35. The minimum atomic E-state index is -3.77. The van der Waals surface area contributed by atoms with Crippen LogP contribution in [-0.2, 0) is 9.84 Å². The zero-order valence-electron chi connectivity index (χ0n) is 14.5. The molecule has 2 aromatic heterocycles. The van der Waals surface area contributed by atoms with Gasteiger partial charge in [0.15, 0.2) is 10.6 Å². The number of hydrogen-bond acceptors (Lipinski definition) is 4. The predicted molar refractivity (Wildman–Crippen MR) is 106 cm³/mol. The molecule has 0 saturated carbocycles. The van der Waals surface area contributed by atoms with E-state index in [4.69, 9.17) is 4.42 Å². The van der Waals surface area contributed by atoms with E-state index >= 15 is 0 Å². The number of para-hydroxylation sites is 1. The molecule has 0 aliphatic heterocycles. The van der Waals surface area contributed by atoms with Crippen molar-refractivity contribution in [3.8, 4) is 0 Å². The number of hydrogen-bond donors (Lipinski definition) is 0. The number of aryl methyl sites for hydroxylation is 1. The van der Waals surface area contributed by atoms with Crippen LogP contribution < -0.4 is 0 Å². The molecular weight excluding hydrogens is 358 g/mol. The molecule has 5 aromatic rings. The lowest BCUT2D eigenvalue weighted by molar-refractivity contribution is 0.594. The van der Waals surface area contributed by atoms with Gasteiger partial charge in [-0.3, -0.25) is 0 Å². The number of nitrogens with zero attached hydrogens (tertiary/aromatic N) is 1. The molecule has 0 fully saturated rings. The van der Waals surface area contributed by atoms with Crippen LogP contribution in [0.15, 0.2) is 87.1 Å². The summed E-state index contributed by atoms with van der Waals surface area (Å²) in [6.07, 6.45) is 0. The summed E-state index contributed by atoms with van der Waals surface area (Å²) in [5, 5.41) is 2.16. The molecular formula is C22H15NO3S. The fourth-order valence-electron chi connectivity index (χ4n) is 3.39. The highest BCUT2D eigenvalue weighted by atomic mass is 32.2. The van der Waals surface area contributed by atoms with Gasteiger partial charge < -0.3 is 4.42 Å². The average molecular weight is 373 g/mol. The summed E-state index contributed by atoms with van der Waals surface area (Å²) >= 11 is 0. The molecule has 0 atom stereocenters. The molecule has 0 unspecified atom stereocenters. The molecule has 27 heavy (non-hydrogen) atoms. The number of furan rings is 1. The monoisotopic (exact) mass is 373 g/mol. The molecule has 0 N–H and O–H groups in total. The second-order valence-corrected chi connectivity index (χ2v) is 8.42. The molecule has 0 amide bonds. The fourth-order valence-corrected chi connectivity index (χ4v) is 4.79. The summed E-state index contributed by atoms with van der Waals surface area (Å²) in [4.78, 5) is 4.81. The Bertz CT molecular complexity index is 1430. The molecule has 0 saturated heterocycles. The van der Waals surface area contributed by atoms with Gasteiger partial charge in [0, 0.05) is 16.2 Å². The lowest BCUT2D eigenvalue weighted by atomic mass is 10.1. The Balaban J connectivity index is 1.93. The first-order valence-corrected chi connectivity index (χ1v) is 10.1. The summed E-state index contributed by atoms with van der Waals surface area (Å²) in [5.74, 6) is 0. The maximum atomic E-state index is 13.4. The van der Waals surface area contributed by atoms with Crippen molar-refractivity contribution < 1.29 is 12.8 Å². The van der Waals surface area contributed by atoms with Crippen molar-refractivity contribution >= 4 is 42.7 Å². The summed E-state index contributed by atoms with van der Waals surface area (Å²) in [6.45, 7) is 1.92. The summed E-state index contributed by atoms with van der Waals surface area (Å²) < 4.78 is 32.7. The zero-order chi connectivity index (χ0) is 18.6. The standard InChI is InChI=1S/C22H15NO3S/c1-14-10-12-15(13-11-14)27(24,25)22-17-7-3-2-6-16(17)21-20(23-22)18-8-4-5-9-19(18)26-21/h2-13H,1H3. The Hall–Kier alpha value is -3.18. The van der Waals surface area contributed by atoms with Crippen LogP contribution in [0.2, 0.25) is 0 Å². The molecule has 3 aromatic carbocycles. The van der Waals surface area contributed by atoms with E-state index in [1.54, 1.807) is 30.3 Å². The van der Waals surface area contributed by atoms with Gasteiger partial charge in [0.1, 0.15) is 11.1 Å². The predicted octanol–water partition coefficient (Wildman–Crippen LogP) is 5.28. The molecule has 132 valence electrons. The molecule has 5 rings (SSSR count). The minimum Gasteiger partial charge on any atom is -0.454 e. The number of pyridine rings is 1. The van der Waals surface area contributed by atoms with Crippen LogP contribution >= 0.6 is 0 Å². The average Bonchev–Trinajstić information content (AvgIpc) is 3.06. The van der Waals surface area contributed by atoms with Gasteiger partial charge in [0.05, 0.1) is 4.90 Å². The Morgan fingerprint density at radius 1 is 0.778 bits per heavy atom. The van der Waals surface area contributed by atoms with Crippen LogP contribution in [0.1, 0.15) is 5.56 Å². The van der Waals surface area contributed by atoms with Crippen LogP contribution in [0.4, 0.5) is 0 Å². The van der Waals surface area contributed by atoms with Crippen molar-refractivity contribution in [1.29, 1.82) is 0 Å². The molecule has 0 radical (unpaired) electrons. The smallest absolute Gasteiger partial charge is 0.224 e. The van der Waals surface area contributed by atoms with E-state index in [0.29, 0.717) is 22.1 Å². The van der Waals surface area contributed by atoms with Gasteiger partial charge in [-0.15, -0.1) is 0 Å². The number of fused-ring (bicyclic) bond motifs is 5. The van der Waals surface area contributed by atoms with E-state index in [1.165, 1.54) is 0 Å². The molecule has 0 bridgehead atoms. The van der Waals surface area contributed by atoms with E-state index in [-0.39, 0.29) is 9.92 Å². The summed E-state index contributed by atoms with van der Waals surface area (Å²) in [5.41, 5.74) is 2.86. The molecule has 0 aliphatic carbocycles. The van der Waals surface area contributed by atoms with E-state index < -0.39 is 9.84 Å². The SMILES string of the molecule is Cc1ccc(S(=O)(=O)c2nc3c4ccccc4oc3c3ccccc23)cc1. The van der Waals surface area contributed by atoms with Gasteiger partial charge in [-0.1, -0.05) is 54.1 Å². The Kier molecular flexibility index (Phi) is 3.36. The number of rotatable bonds is 2. The number of sulfone groups is 1. The van der Waals surface area contributed by atoms with Crippen LogP contribution in [0.5, 0.6) is 0 Å². The van der Waals surface area contributed by atoms with E-state index in [9.17, 15) is 8.42 Å². The Morgan fingerprint density at radius 3 is 2.15 bits per heavy atom. The van der Waals surface area contributed by atoms with E-state index in [1.807, 2.05) is 49.4 Å². The second kappa shape index (κ2) is 5.66. The Labute approximate surface area is 156 Å². The van der Waals surface area contributed by atoms with Crippen molar-refractivity contribution in [2.24, 2.45) is 0 Å². The molecule has 2 heterocycles.